The van der Waals surface area contributed by atoms with Crippen LogP contribution in [0.25, 0.3) is 10.2 Å². The van der Waals surface area contributed by atoms with E-state index in [0.29, 0.717) is 23.5 Å². The Morgan fingerprint density at radius 2 is 1.77 bits per heavy atom. The minimum atomic E-state index is -0.194. The molecule has 1 atom stereocenters. The molecule has 0 fully saturated rings. The van der Waals surface area contributed by atoms with Gasteiger partial charge in [0.15, 0.2) is 0 Å². The zero-order chi connectivity index (χ0) is 24.4. The second-order valence-corrected chi connectivity index (χ2v) is 10.6. The lowest BCUT2D eigenvalue weighted by Gasteiger charge is -2.20. The van der Waals surface area contributed by atoms with Crippen molar-refractivity contribution in [2.24, 2.45) is 5.92 Å². The standard InChI is InChI=1S/C29H31N3O2S/c1-3-10-25-30-28-27(23-17-19(2)15-16-24(23)35-28)29(34)32(25)31-26(33)18-22(20-11-6-4-7-12-20)21-13-8-5-9-14-21/h4-9,11-14,19,22H,3,10,15-18H2,1-2H3,(H,31,33)/t19-/m1/s1. The van der Waals surface area contributed by atoms with Crippen LogP contribution in [0, 0.1) is 5.92 Å². The second kappa shape index (κ2) is 10.2. The number of hydrogen-bond donors (Lipinski definition) is 1. The summed E-state index contributed by atoms with van der Waals surface area (Å²) in [6.45, 7) is 4.30. The molecule has 5 nitrogen and oxygen atoms in total. The van der Waals surface area contributed by atoms with Crippen LogP contribution in [0.2, 0.25) is 0 Å². The molecule has 1 aliphatic carbocycles. The van der Waals surface area contributed by atoms with Gasteiger partial charge in [-0.05, 0) is 48.3 Å². The Kier molecular flexibility index (Phi) is 6.82. The lowest BCUT2D eigenvalue weighted by Crippen LogP contribution is -2.37. The number of aromatic nitrogens is 2. The van der Waals surface area contributed by atoms with Crippen LogP contribution < -0.4 is 11.0 Å². The van der Waals surface area contributed by atoms with E-state index < -0.39 is 0 Å². The van der Waals surface area contributed by atoms with E-state index in [1.165, 1.54) is 9.55 Å². The number of amides is 1. The Balaban J connectivity index is 1.51. The largest absolute Gasteiger partial charge is 0.281 e. The lowest BCUT2D eigenvalue weighted by molar-refractivity contribution is -0.117. The fraction of sp³-hybridized carbons (Fsp3) is 0.345. The van der Waals surface area contributed by atoms with Gasteiger partial charge in [-0.15, -0.1) is 11.3 Å². The van der Waals surface area contributed by atoms with E-state index in [9.17, 15) is 9.59 Å². The quantitative estimate of drug-likeness (QED) is 0.358. The molecule has 0 unspecified atom stereocenters. The fourth-order valence-electron chi connectivity index (χ4n) is 5.10. The number of carbonyl (C=O) groups excluding carboxylic acids is 1. The average Bonchev–Trinajstić information content (AvgIpc) is 3.23. The molecule has 2 aromatic heterocycles. The number of thiophene rings is 1. The molecule has 5 rings (SSSR count). The first-order valence-electron chi connectivity index (χ1n) is 12.5. The summed E-state index contributed by atoms with van der Waals surface area (Å²) in [4.78, 5) is 34.1. The van der Waals surface area contributed by atoms with Crippen molar-refractivity contribution < 1.29 is 4.79 Å². The predicted molar refractivity (Wildman–Crippen MR) is 143 cm³/mol. The molecule has 6 heteroatoms. The van der Waals surface area contributed by atoms with Crippen LogP contribution in [-0.2, 0) is 24.1 Å². The minimum Gasteiger partial charge on any atom is -0.273 e. The number of aryl methyl sites for hydroxylation is 2. The van der Waals surface area contributed by atoms with E-state index in [0.717, 1.165) is 47.2 Å². The van der Waals surface area contributed by atoms with Crippen molar-refractivity contribution in [2.45, 2.75) is 58.3 Å². The van der Waals surface area contributed by atoms with E-state index >= 15 is 0 Å². The van der Waals surface area contributed by atoms with Crippen molar-refractivity contribution in [1.82, 2.24) is 9.66 Å². The van der Waals surface area contributed by atoms with Crippen LogP contribution in [0.4, 0.5) is 0 Å². The number of carbonyl (C=O) groups is 1. The van der Waals surface area contributed by atoms with Crippen molar-refractivity contribution in [3.63, 3.8) is 0 Å². The molecule has 2 heterocycles. The highest BCUT2D eigenvalue weighted by Gasteiger charge is 2.26. The van der Waals surface area contributed by atoms with E-state index in [1.807, 2.05) is 60.7 Å². The minimum absolute atomic E-state index is 0.103. The highest BCUT2D eigenvalue weighted by Crippen LogP contribution is 2.36. The first-order valence-corrected chi connectivity index (χ1v) is 13.3. The van der Waals surface area contributed by atoms with Gasteiger partial charge in [-0.3, -0.25) is 15.0 Å². The van der Waals surface area contributed by atoms with Crippen molar-refractivity contribution in [3.8, 4) is 0 Å². The normalized spacial score (nSPS) is 15.3. The summed E-state index contributed by atoms with van der Waals surface area (Å²) in [7, 11) is 0. The Labute approximate surface area is 209 Å². The molecule has 0 radical (unpaired) electrons. The van der Waals surface area contributed by atoms with Crippen molar-refractivity contribution in [2.75, 3.05) is 5.43 Å². The summed E-state index contributed by atoms with van der Waals surface area (Å²) in [5, 5.41) is 0.694. The number of fused-ring (bicyclic) bond motifs is 3. The number of hydrogen-bond acceptors (Lipinski definition) is 4. The van der Waals surface area contributed by atoms with Crippen LogP contribution >= 0.6 is 11.3 Å². The summed E-state index contributed by atoms with van der Waals surface area (Å²) < 4.78 is 1.42. The van der Waals surface area contributed by atoms with Crippen LogP contribution in [0.5, 0.6) is 0 Å². The predicted octanol–water partition coefficient (Wildman–Crippen LogP) is 5.83. The van der Waals surface area contributed by atoms with E-state index in [4.69, 9.17) is 4.98 Å². The second-order valence-electron chi connectivity index (χ2n) is 9.56. The smallest absolute Gasteiger partial charge is 0.273 e. The molecule has 35 heavy (non-hydrogen) atoms. The number of nitrogens with one attached hydrogen (secondary N) is 1. The maximum absolute atomic E-state index is 13.7. The first-order chi connectivity index (χ1) is 17.0. The molecule has 0 saturated carbocycles. The zero-order valence-corrected chi connectivity index (χ0v) is 21.1. The van der Waals surface area contributed by atoms with Gasteiger partial charge < -0.3 is 0 Å². The molecule has 2 aromatic carbocycles. The molecular weight excluding hydrogens is 454 g/mol. The monoisotopic (exact) mass is 485 g/mol. The molecule has 0 spiro atoms. The van der Waals surface area contributed by atoms with E-state index in [1.54, 1.807) is 11.3 Å². The van der Waals surface area contributed by atoms with Gasteiger partial charge in [0.25, 0.3) is 5.56 Å². The number of rotatable bonds is 7. The third-order valence-corrected chi connectivity index (χ3v) is 8.08. The fourth-order valence-corrected chi connectivity index (χ4v) is 6.33. The molecule has 1 N–H and O–H groups in total. The van der Waals surface area contributed by atoms with E-state index in [-0.39, 0.29) is 23.8 Å². The summed E-state index contributed by atoms with van der Waals surface area (Å²) in [5.41, 5.74) is 6.08. The summed E-state index contributed by atoms with van der Waals surface area (Å²) in [6, 6.07) is 20.1. The Morgan fingerprint density at radius 3 is 2.40 bits per heavy atom. The van der Waals surface area contributed by atoms with Gasteiger partial charge in [-0.1, -0.05) is 74.5 Å². The molecule has 0 bridgehead atoms. The number of nitrogens with zero attached hydrogens (tertiary/aromatic N) is 2. The Bertz CT molecular complexity index is 1350. The van der Waals surface area contributed by atoms with Gasteiger partial charge in [0.05, 0.1) is 5.39 Å². The molecule has 1 amide bonds. The van der Waals surface area contributed by atoms with Crippen LogP contribution in [0.15, 0.2) is 65.5 Å². The molecule has 1 aliphatic rings. The molecule has 4 aromatic rings. The van der Waals surface area contributed by atoms with Crippen molar-refractivity contribution in [3.05, 3.63) is 98.4 Å². The molecule has 180 valence electrons. The van der Waals surface area contributed by atoms with Gasteiger partial charge >= 0.3 is 0 Å². The maximum Gasteiger partial charge on any atom is 0.281 e. The SMILES string of the molecule is CCCc1nc2sc3c(c2c(=O)n1NC(=O)CC(c1ccccc1)c1ccccc1)C[C@H](C)CC3. The zero-order valence-electron chi connectivity index (χ0n) is 20.3. The van der Waals surface area contributed by atoms with Gasteiger partial charge in [0.1, 0.15) is 10.7 Å². The highest BCUT2D eigenvalue weighted by atomic mass is 32.1. The Morgan fingerprint density at radius 1 is 1.11 bits per heavy atom. The Hall–Kier alpha value is -3.25. The first kappa shape index (κ1) is 23.5. The third kappa shape index (κ3) is 4.80. The van der Waals surface area contributed by atoms with E-state index in [2.05, 4.69) is 19.3 Å². The lowest BCUT2D eigenvalue weighted by atomic mass is 9.88. The van der Waals surface area contributed by atoms with Crippen LogP contribution in [0.1, 0.15) is 66.4 Å². The third-order valence-electron chi connectivity index (χ3n) is 6.90. The molecular formula is C29H31N3O2S. The highest BCUT2D eigenvalue weighted by molar-refractivity contribution is 7.18. The van der Waals surface area contributed by atoms with Gasteiger partial charge in [0, 0.05) is 23.6 Å². The van der Waals surface area contributed by atoms with Crippen LogP contribution in [-0.4, -0.2) is 15.6 Å². The maximum atomic E-state index is 13.7. The summed E-state index contributed by atoms with van der Waals surface area (Å²) >= 11 is 1.65. The molecule has 0 saturated heterocycles. The summed E-state index contributed by atoms with van der Waals surface area (Å²) in [5.74, 6) is 0.881. The molecule has 0 aliphatic heterocycles. The van der Waals surface area contributed by atoms with Crippen LogP contribution in [0.3, 0.4) is 0 Å². The summed E-state index contributed by atoms with van der Waals surface area (Å²) in [6.07, 6.45) is 4.76. The number of benzene rings is 2. The average molecular weight is 486 g/mol. The topological polar surface area (TPSA) is 64.0 Å². The van der Waals surface area contributed by atoms with Gasteiger partial charge in [-0.2, -0.15) is 0 Å². The van der Waals surface area contributed by atoms with Crippen molar-refractivity contribution in [1.29, 1.82) is 0 Å². The van der Waals surface area contributed by atoms with Crippen molar-refractivity contribution >= 4 is 27.5 Å². The van der Waals surface area contributed by atoms with Gasteiger partial charge in [-0.25, -0.2) is 9.66 Å². The van der Waals surface area contributed by atoms with Gasteiger partial charge in [0.2, 0.25) is 5.91 Å².